The van der Waals surface area contributed by atoms with E-state index < -0.39 is 0 Å². The minimum absolute atomic E-state index is 0.101. The highest BCUT2D eigenvalue weighted by Crippen LogP contribution is 2.31. The van der Waals surface area contributed by atoms with Gasteiger partial charge in [-0.05, 0) is 49.6 Å². The molecule has 1 N–H and O–H groups in total. The Hall–Kier alpha value is -1.84. The highest BCUT2D eigenvalue weighted by Gasteiger charge is 2.30. The fraction of sp³-hybridized carbons (Fsp3) is 0.316. The summed E-state index contributed by atoms with van der Waals surface area (Å²) in [6.45, 7) is 4.47. The maximum Gasteiger partial charge on any atom is 0.241 e. The van der Waals surface area contributed by atoms with Crippen molar-refractivity contribution in [1.29, 1.82) is 0 Å². The number of benzene rings is 2. The standard InChI is InChI=1S/C19H21ClN2O/c1-13-11-16-5-3-4-6-18(16)22(13)19(23)12-21-14(2)15-7-9-17(20)10-8-15/h3-10,13-14,21H,11-12H2,1-2H3/t13-,14-/m1/s1. The molecule has 3 rings (SSSR count). The number of anilines is 1. The molecule has 0 unspecified atom stereocenters. The molecule has 0 fully saturated rings. The van der Waals surface area contributed by atoms with Gasteiger partial charge in [0.05, 0.1) is 6.54 Å². The molecule has 1 aliphatic heterocycles. The molecule has 2 atom stereocenters. The summed E-state index contributed by atoms with van der Waals surface area (Å²) in [6.07, 6.45) is 0.925. The van der Waals surface area contributed by atoms with E-state index in [0.29, 0.717) is 6.54 Å². The third kappa shape index (κ3) is 3.41. The third-order valence-electron chi connectivity index (χ3n) is 4.41. The average molecular weight is 329 g/mol. The fourth-order valence-electron chi connectivity index (χ4n) is 3.14. The molecule has 1 amide bonds. The maximum absolute atomic E-state index is 12.7. The minimum atomic E-state index is 0.101. The first-order valence-corrected chi connectivity index (χ1v) is 8.33. The molecule has 1 aliphatic rings. The molecular weight excluding hydrogens is 308 g/mol. The number of amides is 1. The Morgan fingerprint density at radius 1 is 1.26 bits per heavy atom. The van der Waals surface area contributed by atoms with Gasteiger partial charge < -0.3 is 10.2 Å². The van der Waals surface area contributed by atoms with Crippen molar-refractivity contribution in [3.63, 3.8) is 0 Å². The lowest BCUT2D eigenvalue weighted by Crippen LogP contribution is -2.42. The van der Waals surface area contributed by atoms with Crippen molar-refractivity contribution in [3.05, 3.63) is 64.7 Å². The van der Waals surface area contributed by atoms with Gasteiger partial charge in [0.25, 0.3) is 0 Å². The molecule has 3 nitrogen and oxygen atoms in total. The number of hydrogen-bond donors (Lipinski definition) is 1. The number of rotatable bonds is 4. The van der Waals surface area contributed by atoms with Crippen LogP contribution in [0, 0.1) is 0 Å². The normalized spacial score (nSPS) is 17.9. The van der Waals surface area contributed by atoms with Crippen LogP contribution in [0.4, 0.5) is 5.69 Å². The summed E-state index contributed by atoms with van der Waals surface area (Å²) < 4.78 is 0. The molecular formula is C19H21ClN2O. The van der Waals surface area contributed by atoms with Gasteiger partial charge >= 0.3 is 0 Å². The van der Waals surface area contributed by atoms with E-state index in [9.17, 15) is 4.79 Å². The summed E-state index contributed by atoms with van der Waals surface area (Å²) in [7, 11) is 0. The van der Waals surface area contributed by atoms with Crippen molar-refractivity contribution in [3.8, 4) is 0 Å². The lowest BCUT2D eigenvalue weighted by molar-refractivity contribution is -0.118. The van der Waals surface area contributed by atoms with Crippen LogP contribution in [0.3, 0.4) is 0 Å². The Bertz CT molecular complexity index is 699. The van der Waals surface area contributed by atoms with Gasteiger partial charge in [-0.25, -0.2) is 0 Å². The number of nitrogens with one attached hydrogen (secondary N) is 1. The van der Waals surface area contributed by atoms with Crippen LogP contribution in [0.25, 0.3) is 0 Å². The Labute approximate surface area is 142 Å². The number of nitrogens with zero attached hydrogens (tertiary/aromatic N) is 1. The predicted octanol–water partition coefficient (Wildman–Crippen LogP) is 3.97. The summed E-state index contributed by atoms with van der Waals surface area (Å²) in [5, 5.41) is 4.03. The summed E-state index contributed by atoms with van der Waals surface area (Å²) in [6, 6.07) is 16.2. The van der Waals surface area contributed by atoms with E-state index in [2.05, 4.69) is 25.2 Å². The van der Waals surface area contributed by atoms with E-state index in [4.69, 9.17) is 11.6 Å². The maximum atomic E-state index is 12.7. The number of carbonyl (C=O) groups excluding carboxylic acids is 1. The lowest BCUT2D eigenvalue weighted by Gasteiger charge is -2.24. The Morgan fingerprint density at radius 2 is 1.96 bits per heavy atom. The molecule has 0 aromatic heterocycles. The fourth-order valence-corrected chi connectivity index (χ4v) is 3.27. The summed E-state index contributed by atoms with van der Waals surface area (Å²) in [4.78, 5) is 14.6. The van der Waals surface area contributed by atoms with Crippen molar-refractivity contribution < 1.29 is 4.79 Å². The Morgan fingerprint density at radius 3 is 2.70 bits per heavy atom. The zero-order valence-corrected chi connectivity index (χ0v) is 14.2. The van der Waals surface area contributed by atoms with Crippen LogP contribution in [0.1, 0.15) is 31.0 Å². The van der Waals surface area contributed by atoms with E-state index >= 15 is 0 Å². The predicted molar refractivity (Wildman–Crippen MR) is 95.0 cm³/mol. The van der Waals surface area contributed by atoms with Gasteiger partial charge in [-0.1, -0.05) is 41.9 Å². The average Bonchev–Trinajstić information content (AvgIpc) is 2.88. The van der Waals surface area contributed by atoms with Crippen LogP contribution in [-0.4, -0.2) is 18.5 Å². The molecule has 0 saturated heterocycles. The zero-order valence-electron chi connectivity index (χ0n) is 13.4. The van der Waals surface area contributed by atoms with Crippen molar-refractivity contribution >= 4 is 23.2 Å². The van der Waals surface area contributed by atoms with Crippen molar-refractivity contribution in [2.45, 2.75) is 32.4 Å². The lowest BCUT2D eigenvalue weighted by atomic mass is 10.1. The second-order valence-corrected chi connectivity index (χ2v) is 6.54. The summed E-state index contributed by atoms with van der Waals surface area (Å²) in [5.74, 6) is 0.114. The van der Waals surface area contributed by atoms with Gasteiger partial charge in [-0.3, -0.25) is 4.79 Å². The van der Waals surface area contributed by atoms with Gasteiger partial charge in [-0.2, -0.15) is 0 Å². The molecule has 2 aromatic rings. The first-order chi connectivity index (χ1) is 11.1. The van der Waals surface area contributed by atoms with Gasteiger partial charge in [0.1, 0.15) is 0 Å². The largest absolute Gasteiger partial charge is 0.308 e. The third-order valence-corrected chi connectivity index (χ3v) is 4.66. The van der Waals surface area contributed by atoms with Crippen LogP contribution in [0.5, 0.6) is 0 Å². The molecule has 0 spiro atoms. The van der Waals surface area contributed by atoms with Crippen LogP contribution >= 0.6 is 11.6 Å². The van der Waals surface area contributed by atoms with E-state index in [1.54, 1.807) is 0 Å². The number of halogens is 1. The second kappa shape index (κ2) is 6.73. The van der Waals surface area contributed by atoms with Gasteiger partial charge in [0.15, 0.2) is 0 Å². The van der Waals surface area contributed by atoms with E-state index in [1.807, 2.05) is 47.4 Å². The van der Waals surface area contributed by atoms with E-state index in [0.717, 1.165) is 22.7 Å². The topological polar surface area (TPSA) is 32.3 Å². The van der Waals surface area contributed by atoms with E-state index in [-0.39, 0.29) is 18.0 Å². The summed E-state index contributed by atoms with van der Waals surface area (Å²) in [5.41, 5.74) is 3.42. The van der Waals surface area contributed by atoms with Gasteiger partial charge in [-0.15, -0.1) is 0 Å². The highest BCUT2D eigenvalue weighted by atomic mass is 35.5. The Kier molecular flexibility index (Phi) is 4.69. The van der Waals surface area contributed by atoms with Gasteiger partial charge in [0, 0.05) is 22.8 Å². The van der Waals surface area contributed by atoms with Gasteiger partial charge in [0.2, 0.25) is 5.91 Å². The second-order valence-electron chi connectivity index (χ2n) is 6.10. The highest BCUT2D eigenvalue weighted by molar-refractivity contribution is 6.30. The summed E-state index contributed by atoms with van der Waals surface area (Å²) >= 11 is 5.91. The van der Waals surface area contributed by atoms with Crippen LogP contribution in [0.2, 0.25) is 5.02 Å². The van der Waals surface area contributed by atoms with Crippen molar-refractivity contribution in [1.82, 2.24) is 5.32 Å². The molecule has 0 radical (unpaired) electrons. The first-order valence-electron chi connectivity index (χ1n) is 7.95. The molecule has 4 heteroatoms. The molecule has 23 heavy (non-hydrogen) atoms. The number of hydrogen-bond acceptors (Lipinski definition) is 2. The number of fused-ring (bicyclic) bond motifs is 1. The molecule has 2 aromatic carbocycles. The van der Waals surface area contributed by atoms with E-state index in [1.165, 1.54) is 5.56 Å². The van der Waals surface area contributed by atoms with Crippen LogP contribution in [-0.2, 0) is 11.2 Å². The van der Waals surface area contributed by atoms with Crippen molar-refractivity contribution in [2.24, 2.45) is 0 Å². The molecule has 120 valence electrons. The molecule has 0 saturated carbocycles. The quantitative estimate of drug-likeness (QED) is 0.921. The molecule has 1 heterocycles. The smallest absolute Gasteiger partial charge is 0.241 e. The zero-order chi connectivity index (χ0) is 16.4. The number of para-hydroxylation sites is 1. The first kappa shape index (κ1) is 16.0. The minimum Gasteiger partial charge on any atom is -0.308 e. The molecule has 0 bridgehead atoms. The van der Waals surface area contributed by atoms with Crippen molar-refractivity contribution in [2.75, 3.05) is 11.4 Å². The van der Waals surface area contributed by atoms with Crippen LogP contribution < -0.4 is 10.2 Å². The SMILES string of the molecule is C[C@@H]1Cc2ccccc2N1C(=O)CN[C@H](C)c1ccc(Cl)cc1. The Balaban J connectivity index is 1.64. The number of carbonyl (C=O) groups is 1. The van der Waals surface area contributed by atoms with Crippen LogP contribution in [0.15, 0.2) is 48.5 Å². The monoisotopic (exact) mass is 328 g/mol. The molecule has 0 aliphatic carbocycles.